The van der Waals surface area contributed by atoms with Crippen LogP contribution in [0.2, 0.25) is 0 Å². The van der Waals surface area contributed by atoms with Gasteiger partial charge >= 0.3 is 5.97 Å². The van der Waals surface area contributed by atoms with Crippen molar-refractivity contribution in [1.82, 2.24) is 5.32 Å². The number of nitrogens with one attached hydrogen (secondary N) is 1. The van der Waals surface area contributed by atoms with Gasteiger partial charge in [-0.15, -0.1) is 0 Å². The highest BCUT2D eigenvalue weighted by molar-refractivity contribution is 6.22. The Bertz CT molecular complexity index is 495. The Morgan fingerprint density at radius 3 is 2.59 bits per heavy atom. The highest BCUT2D eigenvalue weighted by Crippen LogP contribution is 2.17. The summed E-state index contributed by atoms with van der Waals surface area (Å²) < 4.78 is 4.74. The first-order chi connectivity index (χ1) is 8.15. The minimum Gasteiger partial charge on any atom is -0.464 e. The molecule has 1 unspecified atom stereocenters. The third-order valence-corrected chi connectivity index (χ3v) is 2.50. The van der Waals surface area contributed by atoms with Crippen molar-refractivity contribution < 1.29 is 19.1 Å². The van der Waals surface area contributed by atoms with Crippen LogP contribution in [0.1, 0.15) is 27.6 Å². The maximum Gasteiger partial charge on any atom is 0.336 e. The Kier molecular flexibility index (Phi) is 2.91. The van der Waals surface area contributed by atoms with Crippen LogP contribution in [0.4, 0.5) is 0 Å². The van der Waals surface area contributed by atoms with Crippen molar-refractivity contribution in [3.05, 3.63) is 35.4 Å². The van der Waals surface area contributed by atoms with Crippen LogP contribution in [-0.4, -0.2) is 30.3 Å². The molecule has 1 aromatic carbocycles. The fourth-order valence-electron chi connectivity index (χ4n) is 1.72. The number of hydrogen-bond donors (Lipinski definition) is 1. The fourth-order valence-corrected chi connectivity index (χ4v) is 1.72. The predicted molar refractivity (Wildman–Crippen MR) is 58.7 cm³/mol. The van der Waals surface area contributed by atoms with E-state index in [1.807, 2.05) is 0 Å². The molecule has 2 rings (SSSR count). The molecule has 88 valence electrons. The first-order valence-corrected chi connectivity index (χ1v) is 5.26. The number of ketones is 1. The van der Waals surface area contributed by atoms with Crippen molar-refractivity contribution in [1.29, 1.82) is 0 Å². The zero-order valence-electron chi connectivity index (χ0n) is 9.23. The van der Waals surface area contributed by atoms with Gasteiger partial charge in [0.25, 0.3) is 5.91 Å². The lowest BCUT2D eigenvalue weighted by molar-refractivity contribution is -0.144. The number of carbonyl (C=O) groups is 3. The lowest BCUT2D eigenvalue weighted by Gasteiger charge is -2.22. The van der Waals surface area contributed by atoms with Crippen molar-refractivity contribution in [3.63, 3.8) is 0 Å². The SMILES string of the molecule is CCOC(=O)C1NC(=O)c2ccccc2C1=O. The molecular formula is C12H11NO4. The monoisotopic (exact) mass is 233 g/mol. The Morgan fingerprint density at radius 2 is 1.94 bits per heavy atom. The number of Topliss-reactive ketones (excluding diaryl/α,β-unsaturated/α-hetero) is 1. The third kappa shape index (κ3) is 1.91. The Labute approximate surface area is 97.8 Å². The van der Waals surface area contributed by atoms with E-state index in [9.17, 15) is 14.4 Å². The summed E-state index contributed by atoms with van der Waals surface area (Å²) in [6, 6.07) is 5.16. The average Bonchev–Trinajstić information content (AvgIpc) is 2.34. The summed E-state index contributed by atoms with van der Waals surface area (Å²) in [5, 5.41) is 2.34. The molecule has 0 aromatic heterocycles. The number of amides is 1. The average molecular weight is 233 g/mol. The molecule has 1 atom stereocenters. The van der Waals surface area contributed by atoms with E-state index in [0.29, 0.717) is 0 Å². The first-order valence-electron chi connectivity index (χ1n) is 5.26. The van der Waals surface area contributed by atoms with E-state index < -0.39 is 23.7 Å². The van der Waals surface area contributed by atoms with Crippen molar-refractivity contribution in [2.45, 2.75) is 13.0 Å². The van der Waals surface area contributed by atoms with Crippen LogP contribution in [0, 0.1) is 0 Å². The van der Waals surface area contributed by atoms with E-state index in [0.717, 1.165) is 0 Å². The number of hydrogen-bond acceptors (Lipinski definition) is 4. The topological polar surface area (TPSA) is 72.5 Å². The molecule has 0 bridgehead atoms. The Hall–Kier alpha value is -2.17. The summed E-state index contributed by atoms with van der Waals surface area (Å²) in [6.45, 7) is 1.81. The van der Waals surface area contributed by atoms with Crippen LogP contribution in [0.25, 0.3) is 0 Å². The van der Waals surface area contributed by atoms with Crippen molar-refractivity contribution in [3.8, 4) is 0 Å². The van der Waals surface area contributed by atoms with Gasteiger partial charge in [-0.3, -0.25) is 9.59 Å². The number of benzene rings is 1. The molecule has 1 aliphatic rings. The van der Waals surface area contributed by atoms with Gasteiger partial charge in [0.1, 0.15) is 0 Å². The molecule has 0 saturated carbocycles. The molecule has 0 saturated heterocycles. The van der Waals surface area contributed by atoms with E-state index in [2.05, 4.69) is 5.32 Å². The molecule has 17 heavy (non-hydrogen) atoms. The van der Waals surface area contributed by atoms with E-state index in [-0.39, 0.29) is 17.7 Å². The molecule has 0 radical (unpaired) electrons. The van der Waals surface area contributed by atoms with Gasteiger partial charge in [-0.05, 0) is 13.0 Å². The smallest absolute Gasteiger partial charge is 0.336 e. The zero-order valence-corrected chi connectivity index (χ0v) is 9.23. The molecule has 1 N–H and O–H groups in total. The Balaban J connectivity index is 2.36. The van der Waals surface area contributed by atoms with Gasteiger partial charge in [0.15, 0.2) is 11.8 Å². The standard InChI is InChI=1S/C12H11NO4/c1-2-17-12(16)9-10(14)7-5-3-4-6-8(7)11(15)13-9/h3-6,9H,2H2,1H3,(H,13,15). The number of esters is 1. The van der Waals surface area contributed by atoms with Crippen LogP contribution < -0.4 is 5.32 Å². The summed E-state index contributed by atoms with van der Waals surface area (Å²) in [5.74, 6) is -1.59. The number of ether oxygens (including phenoxy) is 1. The van der Waals surface area contributed by atoms with Crippen LogP contribution in [0.15, 0.2) is 24.3 Å². The number of carbonyl (C=O) groups excluding carboxylic acids is 3. The van der Waals surface area contributed by atoms with E-state index in [4.69, 9.17) is 4.74 Å². The third-order valence-electron chi connectivity index (χ3n) is 2.50. The largest absolute Gasteiger partial charge is 0.464 e. The maximum absolute atomic E-state index is 12.0. The second-order valence-corrected chi connectivity index (χ2v) is 3.57. The van der Waals surface area contributed by atoms with Gasteiger partial charge in [-0.1, -0.05) is 18.2 Å². The number of rotatable bonds is 2. The van der Waals surface area contributed by atoms with Crippen molar-refractivity contribution in [2.24, 2.45) is 0 Å². The minimum atomic E-state index is -1.22. The first kappa shape index (κ1) is 11.3. The summed E-state index contributed by atoms with van der Waals surface area (Å²) in [5.41, 5.74) is 0.548. The highest BCUT2D eigenvalue weighted by atomic mass is 16.5. The lowest BCUT2D eigenvalue weighted by atomic mass is 9.94. The summed E-state index contributed by atoms with van der Waals surface area (Å²) >= 11 is 0. The molecule has 1 heterocycles. The van der Waals surface area contributed by atoms with Gasteiger partial charge in [-0.25, -0.2) is 4.79 Å². The Morgan fingerprint density at radius 1 is 1.29 bits per heavy atom. The zero-order chi connectivity index (χ0) is 12.4. The van der Waals surface area contributed by atoms with Gasteiger partial charge in [0.2, 0.25) is 0 Å². The number of fused-ring (bicyclic) bond motifs is 1. The van der Waals surface area contributed by atoms with Crippen molar-refractivity contribution >= 4 is 17.7 Å². The summed E-state index contributed by atoms with van der Waals surface area (Å²) in [4.78, 5) is 35.1. The minimum absolute atomic E-state index is 0.167. The summed E-state index contributed by atoms with van der Waals surface area (Å²) in [6.07, 6.45) is 0. The van der Waals surface area contributed by atoms with E-state index in [1.165, 1.54) is 6.07 Å². The van der Waals surface area contributed by atoms with Gasteiger partial charge in [0.05, 0.1) is 12.2 Å². The lowest BCUT2D eigenvalue weighted by Crippen LogP contribution is -2.51. The fraction of sp³-hybridized carbons (Fsp3) is 0.250. The molecule has 0 aliphatic carbocycles. The quantitative estimate of drug-likeness (QED) is 0.598. The van der Waals surface area contributed by atoms with Gasteiger partial charge in [-0.2, -0.15) is 0 Å². The molecule has 1 aliphatic heterocycles. The summed E-state index contributed by atoms with van der Waals surface area (Å²) in [7, 11) is 0. The normalized spacial score (nSPS) is 18.3. The van der Waals surface area contributed by atoms with Gasteiger partial charge in [0, 0.05) is 5.56 Å². The molecule has 0 fully saturated rings. The molecule has 1 amide bonds. The second kappa shape index (κ2) is 4.37. The molecule has 5 nitrogen and oxygen atoms in total. The van der Waals surface area contributed by atoms with Crippen LogP contribution in [0.5, 0.6) is 0 Å². The van der Waals surface area contributed by atoms with Gasteiger partial charge < -0.3 is 10.1 Å². The van der Waals surface area contributed by atoms with Crippen LogP contribution in [-0.2, 0) is 9.53 Å². The molecule has 5 heteroatoms. The van der Waals surface area contributed by atoms with Crippen LogP contribution in [0.3, 0.4) is 0 Å². The molecular weight excluding hydrogens is 222 g/mol. The van der Waals surface area contributed by atoms with Crippen LogP contribution >= 0.6 is 0 Å². The molecule has 1 aromatic rings. The highest BCUT2D eigenvalue weighted by Gasteiger charge is 2.37. The second-order valence-electron chi connectivity index (χ2n) is 3.57. The van der Waals surface area contributed by atoms with E-state index in [1.54, 1.807) is 25.1 Å². The predicted octanol–water partition coefficient (Wildman–Crippen LogP) is 0.544. The molecule has 0 spiro atoms. The van der Waals surface area contributed by atoms with E-state index >= 15 is 0 Å². The maximum atomic E-state index is 12.0. The van der Waals surface area contributed by atoms with Crippen molar-refractivity contribution in [2.75, 3.05) is 6.61 Å².